The quantitative estimate of drug-likeness (QED) is 0.445. The van der Waals surface area contributed by atoms with Crippen molar-refractivity contribution in [1.29, 1.82) is 0 Å². The van der Waals surface area contributed by atoms with Gasteiger partial charge in [-0.25, -0.2) is 4.99 Å². The molecule has 1 aromatic rings. The van der Waals surface area contributed by atoms with Crippen molar-refractivity contribution >= 4 is 11.9 Å². The van der Waals surface area contributed by atoms with Crippen LogP contribution in [-0.2, 0) is 27.4 Å². The van der Waals surface area contributed by atoms with Crippen molar-refractivity contribution < 1.29 is 14.3 Å². The number of ether oxygens (including phenoxy) is 2. The maximum Gasteiger partial charge on any atom is 0.308 e. The lowest BCUT2D eigenvalue weighted by atomic mass is 9.97. The summed E-state index contributed by atoms with van der Waals surface area (Å²) < 4.78 is 10.3. The minimum Gasteiger partial charge on any atom is -0.469 e. The molecule has 1 aromatic carbocycles. The Kier molecular flexibility index (Phi) is 8.31. The summed E-state index contributed by atoms with van der Waals surface area (Å²) in [5.74, 6) is 0.842. The van der Waals surface area contributed by atoms with Crippen molar-refractivity contribution in [2.45, 2.75) is 32.9 Å². The molecule has 1 N–H and O–H groups in total. The molecule has 0 unspecified atom stereocenters. The van der Waals surface area contributed by atoms with Gasteiger partial charge in [-0.15, -0.1) is 0 Å². The second-order valence-corrected chi connectivity index (χ2v) is 7.66. The Morgan fingerprint density at radius 1 is 1.21 bits per heavy atom. The first-order chi connectivity index (χ1) is 14.2. The van der Waals surface area contributed by atoms with Gasteiger partial charge < -0.3 is 19.7 Å². The molecule has 0 saturated carbocycles. The lowest BCUT2D eigenvalue weighted by molar-refractivity contribution is -0.146. The number of hydrogen-bond acceptors (Lipinski definition) is 5. The molecule has 0 aromatic heterocycles. The van der Waals surface area contributed by atoms with Gasteiger partial charge in [-0.2, -0.15) is 0 Å². The third kappa shape index (κ3) is 6.44. The number of morpholine rings is 1. The van der Waals surface area contributed by atoms with Crippen molar-refractivity contribution in [3.8, 4) is 0 Å². The van der Waals surface area contributed by atoms with Gasteiger partial charge in [0.25, 0.3) is 0 Å². The Labute approximate surface area is 174 Å². The zero-order valence-corrected chi connectivity index (χ0v) is 17.7. The summed E-state index contributed by atoms with van der Waals surface area (Å²) in [5.41, 5.74) is 2.54. The van der Waals surface area contributed by atoms with E-state index in [1.54, 1.807) is 0 Å². The summed E-state index contributed by atoms with van der Waals surface area (Å²) >= 11 is 0. The van der Waals surface area contributed by atoms with E-state index in [0.29, 0.717) is 6.54 Å². The van der Waals surface area contributed by atoms with Gasteiger partial charge in [0.2, 0.25) is 0 Å². The molecule has 2 aliphatic heterocycles. The van der Waals surface area contributed by atoms with Crippen LogP contribution < -0.4 is 5.32 Å². The van der Waals surface area contributed by atoms with Crippen LogP contribution in [0.5, 0.6) is 0 Å². The maximum atomic E-state index is 11.8. The smallest absolute Gasteiger partial charge is 0.308 e. The molecule has 2 fully saturated rings. The highest BCUT2D eigenvalue weighted by atomic mass is 16.5. The number of likely N-dealkylation sites (tertiary alicyclic amines) is 1. The molecule has 0 amide bonds. The first-order valence-corrected chi connectivity index (χ1v) is 10.7. The van der Waals surface area contributed by atoms with Gasteiger partial charge in [0.05, 0.1) is 32.8 Å². The van der Waals surface area contributed by atoms with Gasteiger partial charge in [-0.1, -0.05) is 24.3 Å². The third-order valence-corrected chi connectivity index (χ3v) is 5.58. The van der Waals surface area contributed by atoms with E-state index >= 15 is 0 Å². The molecule has 0 radical (unpaired) electrons. The third-order valence-electron chi connectivity index (χ3n) is 5.58. The number of benzene rings is 1. The van der Waals surface area contributed by atoms with E-state index in [0.717, 1.165) is 71.3 Å². The fraction of sp³-hybridized carbons (Fsp3) is 0.636. The summed E-state index contributed by atoms with van der Waals surface area (Å²) in [6.07, 6.45) is 1.62. The van der Waals surface area contributed by atoms with Gasteiger partial charge >= 0.3 is 5.97 Å². The summed E-state index contributed by atoms with van der Waals surface area (Å²) in [6, 6.07) is 8.70. The number of carbonyl (C=O) groups excluding carboxylic acids is 1. The van der Waals surface area contributed by atoms with E-state index < -0.39 is 0 Å². The average Bonchev–Trinajstić information content (AvgIpc) is 2.77. The summed E-state index contributed by atoms with van der Waals surface area (Å²) in [4.78, 5) is 21.3. The van der Waals surface area contributed by atoms with Gasteiger partial charge in [0.1, 0.15) is 0 Å². The van der Waals surface area contributed by atoms with Gasteiger partial charge in [-0.05, 0) is 30.9 Å². The van der Waals surface area contributed by atoms with E-state index in [-0.39, 0.29) is 11.9 Å². The Hall–Kier alpha value is -2.12. The van der Waals surface area contributed by atoms with Crippen LogP contribution in [-0.4, -0.2) is 74.8 Å². The Bertz CT molecular complexity index is 680. The molecule has 160 valence electrons. The lowest BCUT2D eigenvalue weighted by Crippen LogP contribution is -2.46. The van der Waals surface area contributed by atoms with Gasteiger partial charge in [0.15, 0.2) is 5.96 Å². The number of carbonyl (C=O) groups is 1. The number of esters is 1. The Morgan fingerprint density at radius 2 is 1.93 bits per heavy atom. The van der Waals surface area contributed by atoms with Crippen molar-refractivity contribution in [2.75, 3.05) is 53.0 Å². The Morgan fingerprint density at radius 3 is 2.62 bits per heavy atom. The summed E-state index contributed by atoms with van der Waals surface area (Å²) in [5, 5.41) is 3.40. The van der Waals surface area contributed by atoms with Crippen molar-refractivity contribution in [3.63, 3.8) is 0 Å². The zero-order chi connectivity index (χ0) is 20.5. The van der Waals surface area contributed by atoms with E-state index in [2.05, 4.69) is 46.3 Å². The first kappa shape index (κ1) is 21.6. The molecule has 0 aliphatic carbocycles. The van der Waals surface area contributed by atoms with Crippen LogP contribution in [0.1, 0.15) is 30.9 Å². The first-order valence-electron chi connectivity index (χ1n) is 10.7. The summed E-state index contributed by atoms with van der Waals surface area (Å²) in [6.45, 7) is 9.80. The van der Waals surface area contributed by atoms with E-state index in [1.165, 1.54) is 18.2 Å². The standard InChI is InChI=1S/C22H34N4O3/c1-3-23-22(26-9-7-20(8-10-26)21(27)28-2)24-16-18-5-4-6-19(15-18)17-25-11-13-29-14-12-25/h4-6,15,20H,3,7-14,16-17H2,1-2H3,(H,23,24). The zero-order valence-electron chi connectivity index (χ0n) is 17.7. The molecule has 0 bridgehead atoms. The SMILES string of the molecule is CCNC(=NCc1cccc(CN2CCOCC2)c1)N1CCC(C(=O)OC)CC1. The van der Waals surface area contributed by atoms with Crippen LogP contribution in [0.4, 0.5) is 0 Å². The van der Waals surface area contributed by atoms with Crippen LogP contribution in [0, 0.1) is 5.92 Å². The highest BCUT2D eigenvalue weighted by molar-refractivity contribution is 5.80. The minimum atomic E-state index is -0.0938. The predicted octanol–water partition coefficient (Wildman–Crippen LogP) is 1.87. The molecule has 2 aliphatic rings. The number of nitrogens with zero attached hydrogens (tertiary/aromatic N) is 3. The number of rotatable bonds is 6. The molecule has 3 rings (SSSR count). The van der Waals surface area contributed by atoms with Gasteiger partial charge in [-0.3, -0.25) is 9.69 Å². The molecule has 0 spiro atoms. The van der Waals surface area contributed by atoms with E-state index in [1.807, 2.05) is 0 Å². The fourth-order valence-corrected chi connectivity index (χ4v) is 3.93. The number of methoxy groups -OCH3 is 1. The second-order valence-electron chi connectivity index (χ2n) is 7.66. The van der Waals surface area contributed by atoms with Crippen LogP contribution in [0.15, 0.2) is 29.3 Å². The second kappa shape index (κ2) is 11.2. The summed E-state index contributed by atoms with van der Waals surface area (Å²) in [7, 11) is 1.47. The van der Waals surface area contributed by atoms with Crippen molar-refractivity contribution in [3.05, 3.63) is 35.4 Å². The fourth-order valence-electron chi connectivity index (χ4n) is 3.93. The van der Waals surface area contributed by atoms with Gasteiger partial charge in [0, 0.05) is 39.3 Å². The molecule has 2 saturated heterocycles. The Balaban J connectivity index is 1.58. The van der Waals surface area contributed by atoms with Crippen LogP contribution in [0.2, 0.25) is 0 Å². The normalized spacial score (nSPS) is 19.2. The molecule has 7 nitrogen and oxygen atoms in total. The monoisotopic (exact) mass is 402 g/mol. The number of nitrogens with one attached hydrogen (secondary N) is 1. The number of guanidine groups is 1. The molecule has 29 heavy (non-hydrogen) atoms. The van der Waals surface area contributed by atoms with Crippen molar-refractivity contribution in [1.82, 2.24) is 15.1 Å². The van der Waals surface area contributed by atoms with Crippen LogP contribution in [0.25, 0.3) is 0 Å². The maximum absolute atomic E-state index is 11.8. The topological polar surface area (TPSA) is 66.4 Å². The molecule has 7 heteroatoms. The largest absolute Gasteiger partial charge is 0.469 e. The molecule has 2 heterocycles. The molecular weight excluding hydrogens is 368 g/mol. The number of aliphatic imine (C=N–C) groups is 1. The number of piperidine rings is 1. The lowest BCUT2D eigenvalue weighted by Gasteiger charge is -2.33. The van der Waals surface area contributed by atoms with Crippen molar-refractivity contribution in [2.24, 2.45) is 10.9 Å². The van der Waals surface area contributed by atoms with Crippen LogP contribution in [0.3, 0.4) is 0 Å². The average molecular weight is 403 g/mol. The minimum absolute atomic E-state index is 0.0102. The molecular formula is C22H34N4O3. The van der Waals surface area contributed by atoms with Crippen LogP contribution >= 0.6 is 0 Å². The van der Waals surface area contributed by atoms with E-state index in [9.17, 15) is 4.79 Å². The highest BCUT2D eigenvalue weighted by Crippen LogP contribution is 2.19. The highest BCUT2D eigenvalue weighted by Gasteiger charge is 2.26. The molecule has 0 atom stereocenters. The number of hydrogen-bond donors (Lipinski definition) is 1. The predicted molar refractivity (Wildman–Crippen MR) is 114 cm³/mol. The van der Waals surface area contributed by atoms with E-state index in [4.69, 9.17) is 14.5 Å².